The van der Waals surface area contributed by atoms with Crippen LogP contribution in [0.1, 0.15) is 11.1 Å². The van der Waals surface area contributed by atoms with Crippen molar-refractivity contribution in [3.8, 4) is 0 Å². The molecule has 0 saturated heterocycles. The van der Waals surface area contributed by atoms with Gasteiger partial charge in [-0.1, -0.05) is 24.3 Å². The molecule has 2 aromatic rings. The van der Waals surface area contributed by atoms with Crippen LogP contribution in [0.25, 0.3) is 0 Å². The Morgan fingerprint density at radius 2 is 2.06 bits per heavy atom. The van der Waals surface area contributed by atoms with Crippen molar-refractivity contribution in [2.75, 3.05) is 12.8 Å². The molecule has 2 N–H and O–H groups in total. The van der Waals surface area contributed by atoms with Crippen molar-refractivity contribution in [1.82, 2.24) is 9.55 Å². The van der Waals surface area contributed by atoms with Gasteiger partial charge in [-0.15, -0.1) is 0 Å². The predicted octanol–water partition coefficient (Wildman–Crippen LogP) is 1.66. The van der Waals surface area contributed by atoms with Gasteiger partial charge >= 0.3 is 0 Å². The first-order chi connectivity index (χ1) is 7.81. The van der Waals surface area contributed by atoms with E-state index in [4.69, 9.17) is 10.5 Å². The summed E-state index contributed by atoms with van der Waals surface area (Å²) >= 11 is 0. The summed E-state index contributed by atoms with van der Waals surface area (Å²) in [7, 11) is 1.70. The third-order valence-electron chi connectivity index (χ3n) is 2.51. The largest absolute Gasteiger partial charge is 0.380 e. The molecule has 16 heavy (non-hydrogen) atoms. The molecular formula is C12H15N3O. The Balaban J connectivity index is 2.24. The molecule has 0 bridgehead atoms. The Hall–Kier alpha value is -1.81. The second-order valence-corrected chi connectivity index (χ2v) is 3.62. The van der Waals surface area contributed by atoms with Gasteiger partial charge in [-0.05, 0) is 11.1 Å². The molecule has 2 rings (SSSR count). The van der Waals surface area contributed by atoms with Crippen LogP contribution in [0.2, 0.25) is 0 Å². The summed E-state index contributed by atoms with van der Waals surface area (Å²) in [6.45, 7) is 1.34. The molecule has 0 atom stereocenters. The molecule has 4 heteroatoms. The molecule has 0 unspecified atom stereocenters. The molecule has 0 radical (unpaired) electrons. The van der Waals surface area contributed by atoms with Gasteiger partial charge in [-0.2, -0.15) is 0 Å². The first-order valence-corrected chi connectivity index (χ1v) is 5.13. The van der Waals surface area contributed by atoms with Crippen molar-refractivity contribution in [2.45, 2.75) is 13.2 Å². The molecule has 1 aromatic heterocycles. The predicted molar refractivity (Wildman–Crippen MR) is 62.9 cm³/mol. The molecule has 0 aliphatic carbocycles. The summed E-state index contributed by atoms with van der Waals surface area (Å²) in [5.74, 6) is 0.534. The second kappa shape index (κ2) is 4.81. The summed E-state index contributed by atoms with van der Waals surface area (Å²) < 4.78 is 7.07. The molecule has 0 spiro atoms. The fourth-order valence-corrected chi connectivity index (χ4v) is 1.67. The number of methoxy groups -OCH3 is 1. The van der Waals surface area contributed by atoms with Gasteiger partial charge in [0.25, 0.3) is 0 Å². The van der Waals surface area contributed by atoms with Crippen molar-refractivity contribution in [2.24, 2.45) is 0 Å². The zero-order chi connectivity index (χ0) is 11.4. The number of nitrogen functional groups attached to an aromatic ring is 1. The van der Waals surface area contributed by atoms with Crippen LogP contribution in [-0.4, -0.2) is 16.7 Å². The average molecular weight is 217 g/mol. The fourth-order valence-electron chi connectivity index (χ4n) is 1.67. The van der Waals surface area contributed by atoms with Crippen LogP contribution < -0.4 is 5.73 Å². The van der Waals surface area contributed by atoms with Crippen molar-refractivity contribution >= 4 is 5.95 Å². The van der Waals surface area contributed by atoms with E-state index in [1.165, 1.54) is 11.1 Å². The van der Waals surface area contributed by atoms with Crippen molar-refractivity contribution < 1.29 is 4.74 Å². The van der Waals surface area contributed by atoms with Crippen LogP contribution in [0, 0.1) is 0 Å². The summed E-state index contributed by atoms with van der Waals surface area (Å²) in [6, 6.07) is 8.16. The Morgan fingerprint density at radius 1 is 1.31 bits per heavy atom. The number of nitrogens with two attached hydrogens (primary N) is 1. The second-order valence-electron chi connectivity index (χ2n) is 3.62. The van der Waals surface area contributed by atoms with Gasteiger partial charge in [0, 0.05) is 19.5 Å². The monoisotopic (exact) mass is 217 g/mol. The zero-order valence-electron chi connectivity index (χ0n) is 9.26. The highest BCUT2D eigenvalue weighted by atomic mass is 16.5. The van der Waals surface area contributed by atoms with E-state index >= 15 is 0 Å². The smallest absolute Gasteiger partial charge is 0.200 e. The first-order valence-electron chi connectivity index (χ1n) is 5.13. The van der Waals surface area contributed by atoms with Crippen LogP contribution in [0.3, 0.4) is 0 Å². The molecule has 0 fully saturated rings. The first kappa shape index (κ1) is 10.7. The fraction of sp³-hybridized carbons (Fsp3) is 0.250. The number of nitrogens with zero attached hydrogens (tertiary/aromatic N) is 2. The van der Waals surface area contributed by atoms with Gasteiger partial charge in [0.1, 0.15) is 0 Å². The van der Waals surface area contributed by atoms with E-state index in [1.54, 1.807) is 13.3 Å². The summed E-state index contributed by atoms with van der Waals surface area (Å²) in [4.78, 5) is 4.00. The van der Waals surface area contributed by atoms with Gasteiger partial charge in [-0.25, -0.2) is 4.98 Å². The molecule has 0 amide bonds. The molecule has 0 saturated carbocycles. The quantitative estimate of drug-likeness (QED) is 0.847. The molecule has 4 nitrogen and oxygen atoms in total. The average Bonchev–Trinajstić information content (AvgIpc) is 2.68. The number of rotatable bonds is 4. The Kier molecular flexibility index (Phi) is 3.22. The lowest BCUT2D eigenvalue weighted by Gasteiger charge is -2.10. The van der Waals surface area contributed by atoms with E-state index in [2.05, 4.69) is 17.1 Å². The van der Waals surface area contributed by atoms with E-state index in [1.807, 2.05) is 22.9 Å². The number of aromatic nitrogens is 2. The van der Waals surface area contributed by atoms with E-state index in [0.29, 0.717) is 12.6 Å². The summed E-state index contributed by atoms with van der Waals surface area (Å²) in [5.41, 5.74) is 8.11. The maximum Gasteiger partial charge on any atom is 0.200 e. The highest BCUT2D eigenvalue weighted by molar-refractivity contribution is 5.29. The Bertz CT molecular complexity index is 465. The molecular weight excluding hydrogens is 202 g/mol. The molecule has 1 heterocycles. The number of ether oxygens (including phenoxy) is 1. The van der Waals surface area contributed by atoms with E-state index in [-0.39, 0.29) is 0 Å². The van der Waals surface area contributed by atoms with Gasteiger partial charge in [0.2, 0.25) is 0 Å². The normalized spacial score (nSPS) is 10.6. The third-order valence-corrected chi connectivity index (χ3v) is 2.51. The zero-order valence-corrected chi connectivity index (χ0v) is 9.26. The maximum absolute atomic E-state index is 5.73. The van der Waals surface area contributed by atoms with Gasteiger partial charge in [0.15, 0.2) is 5.95 Å². The molecule has 1 aromatic carbocycles. The van der Waals surface area contributed by atoms with Gasteiger partial charge in [-0.3, -0.25) is 0 Å². The number of hydrogen-bond donors (Lipinski definition) is 1. The van der Waals surface area contributed by atoms with Gasteiger partial charge < -0.3 is 15.0 Å². The van der Waals surface area contributed by atoms with Crippen LogP contribution in [-0.2, 0) is 17.9 Å². The number of imidazole rings is 1. The maximum atomic E-state index is 5.73. The van der Waals surface area contributed by atoms with E-state index in [9.17, 15) is 0 Å². The van der Waals surface area contributed by atoms with Crippen LogP contribution >= 0.6 is 0 Å². The lowest BCUT2D eigenvalue weighted by atomic mass is 10.1. The minimum absolute atomic E-state index is 0.534. The van der Waals surface area contributed by atoms with Gasteiger partial charge in [0.05, 0.1) is 13.2 Å². The van der Waals surface area contributed by atoms with Crippen LogP contribution in [0.15, 0.2) is 36.7 Å². The lowest BCUT2D eigenvalue weighted by Crippen LogP contribution is -2.06. The number of hydrogen-bond acceptors (Lipinski definition) is 3. The minimum Gasteiger partial charge on any atom is -0.380 e. The molecule has 0 aliphatic rings. The summed E-state index contributed by atoms with van der Waals surface area (Å²) in [6.07, 6.45) is 3.58. The van der Waals surface area contributed by atoms with Crippen LogP contribution in [0.4, 0.5) is 5.95 Å². The summed E-state index contributed by atoms with van der Waals surface area (Å²) in [5, 5.41) is 0. The van der Waals surface area contributed by atoms with Crippen molar-refractivity contribution in [1.29, 1.82) is 0 Å². The lowest BCUT2D eigenvalue weighted by molar-refractivity contribution is 0.184. The highest BCUT2D eigenvalue weighted by Crippen LogP contribution is 2.13. The SMILES string of the molecule is COCc1ccccc1Cn1ccnc1N. The Morgan fingerprint density at radius 3 is 2.69 bits per heavy atom. The van der Waals surface area contributed by atoms with Crippen molar-refractivity contribution in [3.63, 3.8) is 0 Å². The molecule has 84 valence electrons. The minimum atomic E-state index is 0.534. The standard InChI is InChI=1S/C12H15N3O/c1-16-9-11-5-3-2-4-10(11)8-15-7-6-14-12(15)13/h2-7H,8-9H2,1H3,(H2,13,14). The molecule has 0 aliphatic heterocycles. The third kappa shape index (κ3) is 2.23. The topological polar surface area (TPSA) is 53.1 Å². The van der Waals surface area contributed by atoms with E-state index in [0.717, 1.165) is 6.54 Å². The number of anilines is 1. The number of benzene rings is 1. The Labute approximate surface area is 94.7 Å². The van der Waals surface area contributed by atoms with Crippen LogP contribution in [0.5, 0.6) is 0 Å². The van der Waals surface area contributed by atoms with Crippen molar-refractivity contribution in [3.05, 3.63) is 47.8 Å². The highest BCUT2D eigenvalue weighted by Gasteiger charge is 2.04. The van der Waals surface area contributed by atoms with E-state index < -0.39 is 0 Å².